The number of hydrogen-bond donors (Lipinski definition) is 1. The van der Waals surface area contributed by atoms with Gasteiger partial charge in [-0.1, -0.05) is 18.2 Å². The van der Waals surface area contributed by atoms with Crippen LogP contribution in [0.2, 0.25) is 0 Å². The number of ether oxygens (including phenoxy) is 1. The number of benzene rings is 1. The van der Waals surface area contributed by atoms with Crippen molar-refractivity contribution in [2.45, 2.75) is 19.9 Å². The highest BCUT2D eigenvalue weighted by molar-refractivity contribution is 7.10. The summed E-state index contributed by atoms with van der Waals surface area (Å²) >= 11 is 1.72. The number of methoxy groups -OCH3 is 1. The van der Waals surface area contributed by atoms with Crippen LogP contribution in [0.1, 0.15) is 27.6 Å². The van der Waals surface area contributed by atoms with Crippen LogP contribution >= 0.6 is 11.3 Å². The van der Waals surface area contributed by atoms with Crippen molar-refractivity contribution in [2.24, 2.45) is 0 Å². The molecule has 0 spiro atoms. The molecule has 1 aromatic carbocycles. The van der Waals surface area contributed by atoms with Gasteiger partial charge in [-0.15, -0.1) is 11.3 Å². The molecular weight excluding hydrogens is 242 g/mol. The maximum Gasteiger partial charge on any atom is 0.134 e. The van der Waals surface area contributed by atoms with Gasteiger partial charge in [0.15, 0.2) is 0 Å². The first kappa shape index (κ1) is 13.1. The quantitative estimate of drug-likeness (QED) is 0.906. The van der Waals surface area contributed by atoms with Crippen molar-refractivity contribution in [2.75, 3.05) is 14.2 Å². The third-order valence-electron chi connectivity index (χ3n) is 3.29. The van der Waals surface area contributed by atoms with Gasteiger partial charge in [-0.2, -0.15) is 0 Å². The number of thiophene rings is 1. The van der Waals surface area contributed by atoms with Crippen LogP contribution in [0.3, 0.4) is 0 Å². The molecule has 0 bridgehead atoms. The summed E-state index contributed by atoms with van der Waals surface area (Å²) in [4.78, 5) is 1.23. The number of nitrogens with one attached hydrogen (secondary N) is 1. The molecule has 2 nitrogen and oxygen atoms in total. The SMILES string of the molecule is CNC(c1ccc(C)c(C)c1)c1sccc1OC. The zero-order valence-electron chi connectivity index (χ0n) is 11.3. The normalized spacial score (nSPS) is 12.4. The lowest BCUT2D eigenvalue weighted by molar-refractivity contribution is 0.408. The molecule has 1 heterocycles. The van der Waals surface area contributed by atoms with Crippen LogP contribution in [-0.4, -0.2) is 14.2 Å². The summed E-state index contributed by atoms with van der Waals surface area (Å²) in [7, 11) is 3.71. The van der Waals surface area contributed by atoms with Gasteiger partial charge in [0.2, 0.25) is 0 Å². The molecule has 0 radical (unpaired) electrons. The van der Waals surface area contributed by atoms with Crippen LogP contribution in [0.4, 0.5) is 0 Å². The Bertz CT molecular complexity index is 533. The van der Waals surface area contributed by atoms with E-state index in [0.29, 0.717) is 0 Å². The van der Waals surface area contributed by atoms with E-state index in [1.54, 1.807) is 18.4 Å². The summed E-state index contributed by atoms with van der Waals surface area (Å²) in [6.07, 6.45) is 0. The van der Waals surface area contributed by atoms with Gasteiger partial charge in [-0.05, 0) is 49.0 Å². The molecule has 0 fully saturated rings. The summed E-state index contributed by atoms with van der Waals surface area (Å²) in [6.45, 7) is 4.29. The Morgan fingerprint density at radius 1 is 1.17 bits per heavy atom. The van der Waals surface area contributed by atoms with E-state index in [9.17, 15) is 0 Å². The Morgan fingerprint density at radius 3 is 2.56 bits per heavy atom. The Hall–Kier alpha value is -1.32. The molecule has 1 unspecified atom stereocenters. The zero-order chi connectivity index (χ0) is 13.1. The standard InChI is InChI=1S/C15H19NOS/c1-10-5-6-12(9-11(10)2)14(16-3)15-13(17-4)7-8-18-15/h5-9,14,16H,1-4H3. The zero-order valence-corrected chi connectivity index (χ0v) is 12.1. The molecule has 0 saturated heterocycles. The highest BCUT2D eigenvalue weighted by Gasteiger charge is 2.18. The molecule has 3 heteroatoms. The van der Waals surface area contributed by atoms with E-state index < -0.39 is 0 Å². The van der Waals surface area contributed by atoms with Crippen molar-refractivity contribution < 1.29 is 4.74 Å². The van der Waals surface area contributed by atoms with E-state index in [2.05, 4.69) is 42.7 Å². The van der Waals surface area contributed by atoms with Crippen LogP contribution in [0, 0.1) is 13.8 Å². The topological polar surface area (TPSA) is 21.3 Å². The first-order chi connectivity index (χ1) is 8.67. The van der Waals surface area contributed by atoms with E-state index in [1.165, 1.54) is 21.6 Å². The lowest BCUT2D eigenvalue weighted by atomic mass is 10.00. The van der Waals surface area contributed by atoms with Crippen molar-refractivity contribution in [1.29, 1.82) is 0 Å². The lowest BCUT2D eigenvalue weighted by Gasteiger charge is -2.18. The first-order valence-corrected chi connectivity index (χ1v) is 6.91. The number of hydrogen-bond acceptors (Lipinski definition) is 3. The van der Waals surface area contributed by atoms with Crippen LogP contribution in [0.25, 0.3) is 0 Å². The second-order valence-corrected chi connectivity index (χ2v) is 5.37. The van der Waals surface area contributed by atoms with Crippen molar-refractivity contribution in [3.63, 3.8) is 0 Å². The average molecular weight is 261 g/mol. The molecule has 1 aromatic heterocycles. The predicted octanol–water partition coefficient (Wildman–Crippen LogP) is 3.68. The van der Waals surface area contributed by atoms with Crippen LogP contribution < -0.4 is 10.1 Å². The monoisotopic (exact) mass is 261 g/mol. The van der Waals surface area contributed by atoms with E-state index in [4.69, 9.17) is 4.74 Å². The van der Waals surface area contributed by atoms with E-state index in [0.717, 1.165) is 5.75 Å². The molecule has 96 valence electrons. The fourth-order valence-electron chi connectivity index (χ4n) is 2.08. The Balaban J connectivity index is 2.42. The van der Waals surface area contributed by atoms with Crippen LogP contribution in [0.15, 0.2) is 29.6 Å². The number of aryl methyl sites for hydroxylation is 2. The largest absolute Gasteiger partial charge is 0.496 e. The third-order valence-corrected chi connectivity index (χ3v) is 4.26. The highest BCUT2D eigenvalue weighted by atomic mass is 32.1. The second-order valence-electron chi connectivity index (χ2n) is 4.42. The van der Waals surface area contributed by atoms with Gasteiger partial charge in [0, 0.05) is 0 Å². The number of rotatable bonds is 4. The molecule has 0 aliphatic carbocycles. The molecule has 2 aromatic rings. The fraction of sp³-hybridized carbons (Fsp3) is 0.333. The van der Waals surface area contributed by atoms with E-state index in [1.807, 2.05) is 13.1 Å². The van der Waals surface area contributed by atoms with Gasteiger partial charge < -0.3 is 10.1 Å². The molecule has 2 rings (SSSR count). The maximum atomic E-state index is 5.41. The predicted molar refractivity (Wildman–Crippen MR) is 77.7 cm³/mol. The third kappa shape index (κ3) is 2.42. The molecule has 1 N–H and O–H groups in total. The van der Waals surface area contributed by atoms with Gasteiger partial charge in [-0.3, -0.25) is 0 Å². The molecule has 0 saturated carbocycles. The summed E-state index contributed by atoms with van der Waals surface area (Å²) in [5.74, 6) is 0.956. The van der Waals surface area contributed by atoms with Gasteiger partial charge >= 0.3 is 0 Å². The minimum Gasteiger partial charge on any atom is -0.496 e. The maximum absolute atomic E-state index is 5.41. The minimum absolute atomic E-state index is 0.194. The van der Waals surface area contributed by atoms with Crippen LogP contribution in [-0.2, 0) is 0 Å². The van der Waals surface area contributed by atoms with E-state index in [-0.39, 0.29) is 6.04 Å². The smallest absolute Gasteiger partial charge is 0.134 e. The Kier molecular flexibility index (Phi) is 4.04. The van der Waals surface area contributed by atoms with Crippen molar-refractivity contribution in [1.82, 2.24) is 5.32 Å². The molecule has 0 aliphatic rings. The molecule has 1 atom stereocenters. The second kappa shape index (κ2) is 5.55. The molecule has 0 amide bonds. The van der Waals surface area contributed by atoms with Gasteiger partial charge in [0.25, 0.3) is 0 Å². The minimum atomic E-state index is 0.194. The molecule has 18 heavy (non-hydrogen) atoms. The highest BCUT2D eigenvalue weighted by Crippen LogP contribution is 2.34. The summed E-state index contributed by atoms with van der Waals surface area (Å²) in [5.41, 5.74) is 3.93. The molecular formula is C15H19NOS. The summed E-state index contributed by atoms with van der Waals surface area (Å²) in [6, 6.07) is 8.82. The van der Waals surface area contributed by atoms with Crippen molar-refractivity contribution >= 4 is 11.3 Å². The Labute approximate surface area is 113 Å². The average Bonchev–Trinajstić information content (AvgIpc) is 2.83. The lowest BCUT2D eigenvalue weighted by Crippen LogP contribution is -2.17. The van der Waals surface area contributed by atoms with Gasteiger partial charge in [0.1, 0.15) is 5.75 Å². The van der Waals surface area contributed by atoms with Crippen LogP contribution in [0.5, 0.6) is 5.75 Å². The fourth-order valence-corrected chi connectivity index (χ4v) is 3.08. The van der Waals surface area contributed by atoms with Gasteiger partial charge in [-0.25, -0.2) is 0 Å². The summed E-state index contributed by atoms with van der Waals surface area (Å²) < 4.78 is 5.41. The summed E-state index contributed by atoms with van der Waals surface area (Å²) in [5, 5.41) is 5.44. The Morgan fingerprint density at radius 2 is 1.94 bits per heavy atom. The molecule has 0 aliphatic heterocycles. The van der Waals surface area contributed by atoms with Crippen molar-refractivity contribution in [3.8, 4) is 5.75 Å². The van der Waals surface area contributed by atoms with E-state index >= 15 is 0 Å². The van der Waals surface area contributed by atoms with Gasteiger partial charge in [0.05, 0.1) is 18.0 Å². The first-order valence-electron chi connectivity index (χ1n) is 6.03. The van der Waals surface area contributed by atoms with Crippen molar-refractivity contribution in [3.05, 3.63) is 51.2 Å².